The molecule has 0 aliphatic heterocycles. The molecule has 0 saturated carbocycles. The number of Topliss-reactive ketones (excluding diaryl/α,β-unsaturated/α-hetero) is 1. The minimum absolute atomic E-state index is 0.00889. The van der Waals surface area contributed by atoms with Crippen molar-refractivity contribution >= 4 is 5.78 Å². The Morgan fingerprint density at radius 1 is 1.00 bits per heavy atom. The molecule has 0 heterocycles. The normalized spacial score (nSPS) is 12.0. The largest absolute Gasteiger partial charge is 0.483 e. The Bertz CT molecular complexity index is 629. The zero-order valence-electron chi connectivity index (χ0n) is 12.4. The van der Waals surface area contributed by atoms with Gasteiger partial charge in [-0.05, 0) is 62.6 Å². The molecule has 0 N–H and O–H groups in total. The molecular formula is C18H20O2. The van der Waals surface area contributed by atoms with Gasteiger partial charge in [0.25, 0.3) is 0 Å². The number of aryl methyl sites for hydroxylation is 3. The molecule has 2 heteroatoms. The van der Waals surface area contributed by atoms with E-state index >= 15 is 0 Å². The highest BCUT2D eigenvalue weighted by Crippen LogP contribution is 2.17. The average Bonchev–Trinajstić information content (AvgIpc) is 2.41. The van der Waals surface area contributed by atoms with Gasteiger partial charge in [-0.25, -0.2) is 0 Å². The quantitative estimate of drug-likeness (QED) is 0.774. The molecule has 0 aliphatic carbocycles. The zero-order chi connectivity index (χ0) is 14.7. The van der Waals surface area contributed by atoms with Gasteiger partial charge in [0.15, 0.2) is 6.10 Å². The van der Waals surface area contributed by atoms with E-state index in [1.165, 1.54) is 5.56 Å². The van der Waals surface area contributed by atoms with Crippen molar-refractivity contribution in [3.63, 3.8) is 0 Å². The number of benzene rings is 2. The van der Waals surface area contributed by atoms with Gasteiger partial charge >= 0.3 is 0 Å². The van der Waals surface area contributed by atoms with E-state index < -0.39 is 6.10 Å². The molecule has 1 unspecified atom stereocenters. The van der Waals surface area contributed by atoms with Crippen LogP contribution in [0, 0.1) is 20.8 Å². The van der Waals surface area contributed by atoms with E-state index in [1.54, 1.807) is 6.92 Å². The van der Waals surface area contributed by atoms with Crippen LogP contribution in [0.5, 0.6) is 5.75 Å². The van der Waals surface area contributed by atoms with E-state index in [0.29, 0.717) is 5.56 Å². The average molecular weight is 268 g/mol. The first-order valence-electron chi connectivity index (χ1n) is 6.82. The molecule has 20 heavy (non-hydrogen) atoms. The summed E-state index contributed by atoms with van der Waals surface area (Å²) in [5, 5.41) is 0. The molecule has 1 atom stereocenters. The van der Waals surface area contributed by atoms with Gasteiger partial charge in [0.1, 0.15) is 5.75 Å². The van der Waals surface area contributed by atoms with Crippen LogP contribution in [-0.4, -0.2) is 11.9 Å². The van der Waals surface area contributed by atoms with Crippen molar-refractivity contribution in [2.45, 2.75) is 33.8 Å². The topological polar surface area (TPSA) is 26.3 Å². The fourth-order valence-corrected chi connectivity index (χ4v) is 2.08. The summed E-state index contributed by atoms with van der Waals surface area (Å²) in [6, 6.07) is 13.5. The second-order valence-electron chi connectivity index (χ2n) is 5.24. The molecule has 2 aromatic rings. The first-order valence-corrected chi connectivity index (χ1v) is 6.82. The maximum atomic E-state index is 12.4. The Morgan fingerprint density at radius 3 is 2.40 bits per heavy atom. The van der Waals surface area contributed by atoms with E-state index in [4.69, 9.17) is 4.74 Å². The maximum Gasteiger partial charge on any atom is 0.203 e. The lowest BCUT2D eigenvalue weighted by molar-refractivity contribution is 0.0818. The summed E-state index contributed by atoms with van der Waals surface area (Å²) in [7, 11) is 0. The van der Waals surface area contributed by atoms with Crippen LogP contribution in [0.15, 0.2) is 42.5 Å². The highest BCUT2D eigenvalue weighted by atomic mass is 16.5. The monoisotopic (exact) mass is 268 g/mol. The second kappa shape index (κ2) is 5.91. The van der Waals surface area contributed by atoms with Gasteiger partial charge in [-0.15, -0.1) is 0 Å². The number of ether oxygens (including phenoxy) is 1. The SMILES string of the molecule is Cc1cccc(OC(C)C(=O)c2ccc(C)c(C)c2)c1. The van der Waals surface area contributed by atoms with Crippen molar-refractivity contribution in [1.82, 2.24) is 0 Å². The highest BCUT2D eigenvalue weighted by Gasteiger charge is 2.17. The lowest BCUT2D eigenvalue weighted by Gasteiger charge is -2.14. The number of carbonyl (C=O) groups is 1. The molecule has 0 bridgehead atoms. The number of rotatable bonds is 4. The standard InChI is InChI=1S/C18H20O2/c1-12-6-5-7-17(10-12)20-15(4)18(19)16-9-8-13(2)14(3)11-16/h5-11,15H,1-4H3. The first-order chi connectivity index (χ1) is 9.47. The summed E-state index contributed by atoms with van der Waals surface area (Å²) in [5.41, 5.74) is 4.13. The zero-order valence-corrected chi connectivity index (χ0v) is 12.4. The molecule has 104 valence electrons. The summed E-state index contributed by atoms with van der Waals surface area (Å²) in [4.78, 5) is 12.4. The van der Waals surface area contributed by atoms with Crippen molar-refractivity contribution in [3.05, 3.63) is 64.7 Å². The molecule has 0 aliphatic rings. The maximum absolute atomic E-state index is 12.4. The molecule has 0 fully saturated rings. The Hall–Kier alpha value is -2.09. The van der Waals surface area contributed by atoms with Gasteiger partial charge in [-0.2, -0.15) is 0 Å². The van der Waals surface area contributed by atoms with E-state index in [1.807, 2.05) is 63.2 Å². The Balaban J connectivity index is 2.14. The van der Waals surface area contributed by atoms with Gasteiger partial charge < -0.3 is 4.74 Å². The van der Waals surface area contributed by atoms with Gasteiger partial charge in [0, 0.05) is 5.56 Å². The van der Waals surface area contributed by atoms with Crippen LogP contribution in [0.4, 0.5) is 0 Å². The van der Waals surface area contributed by atoms with E-state index in [2.05, 4.69) is 0 Å². The van der Waals surface area contributed by atoms with Crippen molar-refractivity contribution in [2.75, 3.05) is 0 Å². The summed E-state index contributed by atoms with van der Waals surface area (Å²) < 4.78 is 5.73. The Morgan fingerprint density at radius 2 is 1.75 bits per heavy atom. The molecule has 2 nitrogen and oxygen atoms in total. The van der Waals surface area contributed by atoms with Gasteiger partial charge in [0.05, 0.1) is 0 Å². The minimum atomic E-state index is -0.487. The third-order valence-corrected chi connectivity index (χ3v) is 3.46. The fraction of sp³-hybridized carbons (Fsp3) is 0.278. The summed E-state index contributed by atoms with van der Waals surface area (Å²) >= 11 is 0. The molecular weight excluding hydrogens is 248 g/mol. The summed E-state index contributed by atoms with van der Waals surface area (Å²) in [6.07, 6.45) is -0.487. The van der Waals surface area contributed by atoms with Crippen LogP contribution in [0.2, 0.25) is 0 Å². The lowest BCUT2D eigenvalue weighted by Crippen LogP contribution is -2.24. The van der Waals surface area contributed by atoms with Crippen molar-refractivity contribution in [3.8, 4) is 5.75 Å². The molecule has 0 saturated heterocycles. The smallest absolute Gasteiger partial charge is 0.203 e. The summed E-state index contributed by atoms with van der Waals surface area (Å²) in [6.45, 7) is 7.84. The summed E-state index contributed by atoms with van der Waals surface area (Å²) in [5.74, 6) is 0.740. The van der Waals surface area contributed by atoms with Crippen LogP contribution < -0.4 is 4.74 Å². The van der Waals surface area contributed by atoms with Crippen molar-refractivity contribution in [2.24, 2.45) is 0 Å². The third kappa shape index (κ3) is 3.27. The predicted octanol–water partition coefficient (Wildman–Crippen LogP) is 4.26. The molecule has 2 aromatic carbocycles. The molecule has 2 rings (SSSR count). The minimum Gasteiger partial charge on any atom is -0.483 e. The van der Waals surface area contributed by atoms with E-state index in [-0.39, 0.29) is 5.78 Å². The predicted molar refractivity (Wildman–Crippen MR) is 81.5 cm³/mol. The molecule has 0 radical (unpaired) electrons. The van der Waals surface area contributed by atoms with E-state index in [9.17, 15) is 4.79 Å². The molecule has 0 amide bonds. The first kappa shape index (κ1) is 14.3. The lowest BCUT2D eigenvalue weighted by atomic mass is 10.0. The van der Waals surface area contributed by atoms with Crippen LogP contribution in [0.25, 0.3) is 0 Å². The number of hydrogen-bond acceptors (Lipinski definition) is 2. The van der Waals surface area contributed by atoms with Gasteiger partial charge in [-0.1, -0.05) is 24.3 Å². The van der Waals surface area contributed by atoms with Gasteiger partial charge in [-0.3, -0.25) is 4.79 Å². The van der Waals surface area contributed by atoms with Crippen molar-refractivity contribution < 1.29 is 9.53 Å². The van der Waals surface area contributed by atoms with E-state index in [0.717, 1.165) is 16.9 Å². The second-order valence-corrected chi connectivity index (χ2v) is 5.24. The third-order valence-electron chi connectivity index (χ3n) is 3.46. The van der Waals surface area contributed by atoms with Crippen molar-refractivity contribution in [1.29, 1.82) is 0 Å². The van der Waals surface area contributed by atoms with Gasteiger partial charge in [0.2, 0.25) is 5.78 Å². The molecule has 0 spiro atoms. The Labute approximate surface area is 120 Å². The number of hydrogen-bond donors (Lipinski definition) is 0. The fourth-order valence-electron chi connectivity index (χ4n) is 2.08. The Kier molecular flexibility index (Phi) is 4.23. The molecule has 0 aromatic heterocycles. The highest BCUT2D eigenvalue weighted by molar-refractivity contribution is 5.99. The van der Waals surface area contributed by atoms with Crippen LogP contribution in [-0.2, 0) is 0 Å². The van der Waals surface area contributed by atoms with Crippen LogP contribution >= 0.6 is 0 Å². The van der Waals surface area contributed by atoms with Crippen LogP contribution in [0.1, 0.15) is 34.0 Å². The van der Waals surface area contributed by atoms with Crippen LogP contribution in [0.3, 0.4) is 0 Å². The number of carbonyl (C=O) groups excluding carboxylic acids is 1. The number of ketones is 1.